The first-order valence-corrected chi connectivity index (χ1v) is 17.5. The number of rotatable bonds is 5. The summed E-state index contributed by atoms with van der Waals surface area (Å²) in [6.07, 6.45) is 5.98. The van der Waals surface area contributed by atoms with E-state index >= 15 is 0 Å². The Balaban J connectivity index is 1.15. The number of nitrogens with zero attached hydrogens (tertiary/aromatic N) is 3. The zero-order valence-corrected chi connectivity index (χ0v) is 28.6. The molecule has 1 aromatic heterocycles. The van der Waals surface area contributed by atoms with E-state index in [9.17, 15) is 0 Å². The maximum Gasteiger partial charge on any atom is 0.164 e. The van der Waals surface area contributed by atoms with Crippen molar-refractivity contribution in [2.75, 3.05) is 0 Å². The molecule has 0 saturated carbocycles. The lowest BCUT2D eigenvalue weighted by molar-refractivity contribution is 0.651. The maximum atomic E-state index is 5.15. The molecular formula is C47H37N3. The van der Waals surface area contributed by atoms with Crippen molar-refractivity contribution in [1.82, 2.24) is 15.0 Å². The molecule has 0 bridgehead atoms. The quantitative estimate of drug-likeness (QED) is 0.187. The Kier molecular flexibility index (Phi) is 7.17. The van der Waals surface area contributed by atoms with Crippen LogP contribution in [-0.4, -0.2) is 15.0 Å². The van der Waals surface area contributed by atoms with Crippen LogP contribution >= 0.6 is 0 Å². The molecule has 0 saturated heterocycles. The molecule has 0 unspecified atom stereocenters. The smallest absolute Gasteiger partial charge is 0.164 e. The number of aromatic nitrogens is 3. The Morgan fingerprint density at radius 3 is 1.96 bits per heavy atom. The number of hydrogen-bond acceptors (Lipinski definition) is 3. The average Bonchev–Trinajstić information content (AvgIpc) is 3.40. The van der Waals surface area contributed by atoms with Crippen molar-refractivity contribution in [3.63, 3.8) is 0 Å². The Labute approximate surface area is 293 Å². The molecule has 0 spiro atoms. The van der Waals surface area contributed by atoms with E-state index in [4.69, 9.17) is 15.0 Å². The molecule has 6 aromatic carbocycles. The number of fused-ring (bicyclic) bond motifs is 4. The summed E-state index contributed by atoms with van der Waals surface area (Å²) in [5.41, 5.74) is 13.5. The summed E-state index contributed by atoms with van der Waals surface area (Å²) in [6, 6.07) is 49.5. The highest BCUT2D eigenvalue weighted by molar-refractivity contribution is 5.99. The molecule has 0 N–H and O–H groups in total. The van der Waals surface area contributed by atoms with E-state index < -0.39 is 0 Å². The van der Waals surface area contributed by atoms with Gasteiger partial charge in [-0.15, -0.1) is 0 Å². The van der Waals surface area contributed by atoms with Gasteiger partial charge in [0.05, 0.1) is 0 Å². The average molecular weight is 644 g/mol. The summed E-state index contributed by atoms with van der Waals surface area (Å²) in [5.74, 6) is 2.28. The highest BCUT2D eigenvalue weighted by Crippen LogP contribution is 2.53. The van der Waals surface area contributed by atoms with Crippen LogP contribution in [0.4, 0.5) is 0 Å². The van der Waals surface area contributed by atoms with Crippen LogP contribution in [0.5, 0.6) is 0 Å². The molecule has 0 fully saturated rings. The fraction of sp³-hybridized carbons (Fsp3) is 0.128. The Hall–Kier alpha value is -5.93. The molecule has 0 aliphatic heterocycles. The van der Waals surface area contributed by atoms with Gasteiger partial charge in [0.15, 0.2) is 17.5 Å². The second-order valence-corrected chi connectivity index (χ2v) is 14.1. The van der Waals surface area contributed by atoms with Gasteiger partial charge in [0, 0.05) is 28.0 Å². The topological polar surface area (TPSA) is 38.7 Å². The standard InChI is InChI=1S/C47H37N3/c1-30-12-11-15-34(28-30)31-20-22-33(23-21-31)45-48-44(32-13-5-4-6-14-32)49-46(50-45)40-26-25-36(37-16-7-8-17-38(37)40)35-24-27-43-41(29-35)39-18-9-10-19-42(39)47(43,2)3/h4-23,25-29,35H,24H2,1-3H3/t35-/m0/s1. The zero-order valence-electron chi connectivity index (χ0n) is 28.6. The van der Waals surface area contributed by atoms with E-state index in [1.807, 2.05) is 18.2 Å². The van der Waals surface area contributed by atoms with Gasteiger partial charge in [0.25, 0.3) is 0 Å². The van der Waals surface area contributed by atoms with Gasteiger partial charge < -0.3 is 0 Å². The Morgan fingerprint density at radius 1 is 0.540 bits per heavy atom. The summed E-state index contributed by atoms with van der Waals surface area (Å²) in [7, 11) is 0. The van der Waals surface area contributed by atoms with Crippen LogP contribution < -0.4 is 0 Å². The number of benzene rings is 6. The largest absolute Gasteiger partial charge is 0.208 e. The summed E-state index contributed by atoms with van der Waals surface area (Å²) in [4.78, 5) is 15.3. The monoisotopic (exact) mass is 643 g/mol. The molecule has 0 amide bonds. The molecule has 9 rings (SSSR count). The van der Waals surface area contributed by atoms with Gasteiger partial charge in [-0.2, -0.15) is 0 Å². The lowest BCUT2D eigenvalue weighted by Gasteiger charge is -2.26. The van der Waals surface area contributed by atoms with E-state index in [0.717, 1.165) is 28.5 Å². The SMILES string of the molecule is Cc1cccc(-c2ccc(-c3nc(-c4ccccc4)nc(-c4ccc([C@@H]5C=C6C(=CC5)C(C)(C)c5ccccc56)c5ccccc45)n3)cc2)c1. The van der Waals surface area contributed by atoms with Crippen LogP contribution in [0.3, 0.4) is 0 Å². The van der Waals surface area contributed by atoms with Gasteiger partial charge in [-0.05, 0) is 63.1 Å². The normalized spacial score (nSPS) is 16.0. The van der Waals surface area contributed by atoms with Crippen LogP contribution in [0.25, 0.3) is 61.6 Å². The lowest BCUT2D eigenvalue weighted by Crippen LogP contribution is -2.16. The van der Waals surface area contributed by atoms with Crippen LogP contribution in [0.15, 0.2) is 157 Å². The molecule has 0 radical (unpaired) electrons. The molecule has 1 atom stereocenters. The minimum Gasteiger partial charge on any atom is -0.208 e. The second kappa shape index (κ2) is 11.9. The molecule has 2 aliphatic carbocycles. The zero-order chi connectivity index (χ0) is 33.8. The summed E-state index contributed by atoms with van der Waals surface area (Å²) in [6.45, 7) is 6.84. The van der Waals surface area contributed by atoms with Gasteiger partial charge in [-0.25, -0.2) is 15.0 Å². The molecule has 2 aliphatic rings. The summed E-state index contributed by atoms with van der Waals surface area (Å²) >= 11 is 0. The number of aryl methyl sites for hydroxylation is 1. The van der Waals surface area contributed by atoms with E-state index in [1.54, 1.807) is 0 Å². The minimum absolute atomic E-state index is 0.0209. The molecule has 7 aromatic rings. The molecule has 1 heterocycles. The fourth-order valence-corrected chi connectivity index (χ4v) is 7.98. The molecule has 3 heteroatoms. The highest BCUT2D eigenvalue weighted by atomic mass is 15.0. The Morgan fingerprint density at radius 2 is 1.18 bits per heavy atom. The van der Waals surface area contributed by atoms with Crippen LogP contribution in [0.2, 0.25) is 0 Å². The molecule has 240 valence electrons. The highest BCUT2D eigenvalue weighted by Gasteiger charge is 2.39. The van der Waals surface area contributed by atoms with Crippen molar-refractivity contribution in [3.05, 3.63) is 180 Å². The van der Waals surface area contributed by atoms with Gasteiger partial charge in [-0.3, -0.25) is 0 Å². The first-order valence-electron chi connectivity index (χ1n) is 17.5. The van der Waals surface area contributed by atoms with Crippen molar-refractivity contribution in [1.29, 1.82) is 0 Å². The molecular weight excluding hydrogens is 607 g/mol. The predicted molar refractivity (Wildman–Crippen MR) is 207 cm³/mol. The second-order valence-electron chi connectivity index (χ2n) is 14.1. The van der Waals surface area contributed by atoms with Gasteiger partial charge in [0.2, 0.25) is 0 Å². The van der Waals surface area contributed by atoms with E-state index in [1.165, 1.54) is 49.9 Å². The van der Waals surface area contributed by atoms with Gasteiger partial charge >= 0.3 is 0 Å². The first-order chi connectivity index (χ1) is 24.4. The predicted octanol–water partition coefficient (Wildman–Crippen LogP) is 11.8. The van der Waals surface area contributed by atoms with Gasteiger partial charge in [0.1, 0.15) is 0 Å². The van der Waals surface area contributed by atoms with E-state index in [0.29, 0.717) is 17.5 Å². The van der Waals surface area contributed by atoms with E-state index in [-0.39, 0.29) is 11.3 Å². The third kappa shape index (κ3) is 5.09. The third-order valence-corrected chi connectivity index (χ3v) is 10.6. The van der Waals surface area contributed by atoms with Crippen molar-refractivity contribution < 1.29 is 0 Å². The van der Waals surface area contributed by atoms with Crippen molar-refractivity contribution >= 4 is 16.3 Å². The van der Waals surface area contributed by atoms with Crippen molar-refractivity contribution in [3.8, 4) is 45.3 Å². The fourth-order valence-electron chi connectivity index (χ4n) is 7.98. The van der Waals surface area contributed by atoms with Crippen LogP contribution in [-0.2, 0) is 5.41 Å². The summed E-state index contributed by atoms with van der Waals surface area (Å²) < 4.78 is 0. The number of hydrogen-bond donors (Lipinski definition) is 0. The first kappa shape index (κ1) is 30.2. The van der Waals surface area contributed by atoms with Crippen molar-refractivity contribution in [2.24, 2.45) is 0 Å². The number of allylic oxidation sites excluding steroid dienone is 4. The van der Waals surface area contributed by atoms with Crippen molar-refractivity contribution in [2.45, 2.75) is 38.5 Å². The Bertz CT molecular complexity index is 2490. The van der Waals surface area contributed by atoms with E-state index in [2.05, 4.69) is 154 Å². The molecule has 3 nitrogen and oxygen atoms in total. The lowest BCUT2D eigenvalue weighted by atomic mass is 9.77. The third-order valence-electron chi connectivity index (χ3n) is 10.6. The van der Waals surface area contributed by atoms with Crippen LogP contribution in [0, 0.1) is 6.92 Å². The minimum atomic E-state index is 0.0209. The summed E-state index contributed by atoms with van der Waals surface area (Å²) in [5, 5.41) is 2.39. The molecule has 50 heavy (non-hydrogen) atoms. The van der Waals surface area contributed by atoms with Gasteiger partial charge in [-0.1, -0.05) is 171 Å². The van der Waals surface area contributed by atoms with Crippen LogP contribution in [0.1, 0.15) is 48.4 Å². The maximum absolute atomic E-state index is 5.15.